The summed E-state index contributed by atoms with van der Waals surface area (Å²) in [4.78, 5) is 69.8. The zero-order valence-corrected chi connectivity index (χ0v) is 28.7. The standard InChI is InChI=1S/C36H18F12O12/c37-31(38,17-3-7-19(8-4-17)59-29(57)15-1-11-21(25(49)50)23(13-15)27(53)54)33(41,42)35(45,46)36(47,48)34(43,44)32(39,40)18-5-9-20(10-6-18)60-30(58)16-2-12-22(26(51)52)24(14-16)28(55)56/h1-14H,(H,49,50)(H,51,52)(H,53,54)(H,55,56). The van der Waals surface area contributed by atoms with Crippen molar-refractivity contribution in [2.45, 2.75) is 35.5 Å². The van der Waals surface area contributed by atoms with E-state index in [1.807, 2.05) is 0 Å². The fraction of sp³-hybridized carbons (Fsp3) is 0.167. The van der Waals surface area contributed by atoms with Gasteiger partial charge in [-0.05, 0) is 84.9 Å². The van der Waals surface area contributed by atoms with Crippen LogP contribution in [0.1, 0.15) is 73.3 Å². The minimum atomic E-state index is -8.01. The maximum Gasteiger partial charge on any atom is 0.385 e. The SMILES string of the molecule is O=C(Oc1ccc(C(F)(F)C(F)(F)C(F)(F)C(F)(F)C(F)(F)C(F)(F)c2ccc(OC(=O)c3ccc(C(=O)O)c(C(=O)O)c3)cc2)cc1)c1ccc(C(=O)O)c(C(=O)O)c1. The lowest BCUT2D eigenvalue weighted by Gasteiger charge is -2.41. The van der Waals surface area contributed by atoms with Crippen molar-refractivity contribution in [3.63, 3.8) is 0 Å². The van der Waals surface area contributed by atoms with Crippen molar-refractivity contribution in [3.05, 3.63) is 129 Å². The molecule has 0 atom stereocenters. The summed E-state index contributed by atoms with van der Waals surface area (Å²) in [5, 5.41) is 36.4. The number of ether oxygens (including phenoxy) is 2. The zero-order chi connectivity index (χ0) is 45.6. The molecule has 4 rings (SSSR count). The molecule has 0 aliphatic rings. The van der Waals surface area contributed by atoms with Gasteiger partial charge in [-0.15, -0.1) is 0 Å². The molecule has 24 heteroatoms. The fourth-order valence-corrected chi connectivity index (χ4v) is 5.02. The van der Waals surface area contributed by atoms with Crippen LogP contribution < -0.4 is 9.47 Å². The van der Waals surface area contributed by atoms with Gasteiger partial charge in [0.1, 0.15) is 11.5 Å². The molecule has 4 N–H and O–H groups in total. The summed E-state index contributed by atoms with van der Waals surface area (Å²) in [5.41, 5.74) is -9.49. The molecule has 0 saturated carbocycles. The minimum absolute atomic E-state index is 0.170. The topological polar surface area (TPSA) is 202 Å². The first-order valence-corrected chi connectivity index (χ1v) is 15.6. The molecule has 0 radical (unpaired) electrons. The number of hydrogen-bond acceptors (Lipinski definition) is 8. The molecule has 12 nitrogen and oxygen atoms in total. The molecular formula is C36H18F12O12. The quantitative estimate of drug-likeness (QED) is 0.0506. The zero-order valence-electron chi connectivity index (χ0n) is 28.7. The largest absolute Gasteiger partial charge is 0.478 e. The van der Waals surface area contributed by atoms with E-state index in [9.17, 15) is 81.5 Å². The molecule has 60 heavy (non-hydrogen) atoms. The summed E-state index contributed by atoms with van der Waals surface area (Å²) in [6.07, 6.45) is 0. The summed E-state index contributed by atoms with van der Waals surface area (Å²) in [7, 11) is 0. The van der Waals surface area contributed by atoms with Crippen LogP contribution in [-0.4, -0.2) is 79.9 Å². The van der Waals surface area contributed by atoms with Gasteiger partial charge in [0.25, 0.3) is 0 Å². The van der Waals surface area contributed by atoms with Crippen molar-refractivity contribution < 1.29 is 111 Å². The molecule has 0 aliphatic heterocycles. The number of carboxylic acids is 4. The molecule has 0 aliphatic carbocycles. The van der Waals surface area contributed by atoms with E-state index >= 15 is 0 Å². The second kappa shape index (κ2) is 15.6. The molecule has 0 amide bonds. The third-order valence-electron chi connectivity index (χ3n) is 8.26. The van der Waals surface area contributed by atoms with Gasteiger partial charge in [0, 0.05) is 11.1 Å². The van der Waals surface area contributed by atoms with Gasteiger partial charge >= 0.3 is 71.4 Å². The third kappa shape index (κ3) is 7.73. The Hall–Kier alpha value is -7.14. The highest BCUT2D eigenvalue weighted by atomic mass is 19.4. The van der Waals surface area contributed by atoms with E-state index in [1.54, 1.807) is 0 Å². The van der Waals surface area contributed by atoms with Crippen LogP contribution in [0.5, 0.6) is 11.5 Å². The molecule has 0 spiro atoms. The van der Waals surface area contributed by atoms with E-state index in [2.05, 4.69) is 9.47 Å². The third-order valence-corrected chi connectivity index (χ3v) is 8.26. The molecule has 0 aromatic heterocycles. The van der Waals surface area contributed by atoms with Gasteiger partial charge < -0.3 is 29.9 Å². The molecule has 0 unspecified atom stereocenters. The normalized spacial score (nSPS) is 12.7. The Balaban J connectivity index is 1.56. The first kappa shape index (κ1) is 45.6. The average Bonchev–Trinajstić information content (AvgIpc) is 3.17. The van der Waals surface area contributed by atoms with Gasteiger partial charge in [0.05, 0.1) is 33.4 Å². The molecule has 4 aromatic carbocycles. The van der Waals surface area contributed by atoms with Gasteiger partial charge in [-0.1, -0.05) is 0 Å². The van der Waals surface area contributed by atoms with Crippen LogP contribution in [0.15, 0.2) is 84.9 Å². The van der Waals surface area contributed by atoms with Crippen molar-refractivity contribution in [2.75, 3.05) is 0 Å². The minimum Gasteiger partial charge on any atom is -0.478 e. The predicted octanol–water partition coefficient (Wildman–Crippen LogP) is 8.34. The van der Waals surface area contributed by atoms with Crippen molar-refractivity contribution in [1.82, 2.24) is 0 Å². The lowest BCUT2D eigenvalue weighted by molar-refractivity contribution is -0.429. The van der Waals surface area contributed by atoms with E-state index in [-0.39, 0.29) is 48.5 Å². The number of carbonyl (C=O) groups is 6. The fourth-order valence-electron chi connectivity index (χ4n) is 5.02. The lowest BCUT2D eigenvalue weighted by Crippen LogP contribution is -2.69. The van der Waals surface area contributed by atoms with Gasteiger partial charge in [-0.3, -0.25) is 0 Å². The van der Waals surface area contributed by atoms with E-state index < -0.39 is 127 Å². The van der Waals surface area contributed by atoms with Crippen LogP contribution in [0, 0.1) is 0 Å². The van der Waals surface area contributed by atoms with E-state index in [1.165, 1.54) is 0 Å². The molecule has 4 aromatic rings. The summed E-state index contributed by atoms with van der Waals surface area (Å²) >= 11 is 0. The van der Waals surface area contributed by atoms with Crippen molar-refractivity contribution >= 4 is 35.8 Å². The van der Waals surface area contributed by atoms with Gasteiger partial charge in [0.2, 0.25) is 0 Å². The number of esters is 2. The summed E-state index contributed by atoms with van der Waals surface area (Å²) < 4.78 is 187. The molecule has 0 heterocycles. The van der Waals surface area contributed by atoms with Crippen LogP contribution in [0.4, 0.5) is 52.7 Å². The van der Waals surface area contributed by atoms with Crippen molar-refractivity contribution in [2.24, 2.45) is 0 Å². The number of benzene rings is 4. The Bertz CT molecular complexity index is 2230. The highest BCUT2D eigenvalue weighted by Gasteiger charge is 2.90. The number of halogens is 12. The maximum absolute atomic E-state index is 14.9. The van der Waals surface area contributed by atoms with Crippen LogP contribution >= 0.6 is 0 Å². The summed E-state index contributed by atoms with van der Waals surface area (Å²) in [5.74, 6) is -56.4. The van der Waals surface area contributed by atoms with Crippen molar-refractivity contribution in [1.29, 1.82) is 0 Å². The molecule has 318 valence electrons. The second-order valence-electron chi connectivity index (χ2n) is 12.0. The number of carbonyl (C=O) groups excluding carboxylic acids is 2. The Morgan fingerprint density at radius 1 is 0.367 bits per heavy atom. The summed E-state index contributed by atoms with van der Waals surface area (Å²) in [6.45, 7) is 0. The van der Waals surface area contributed by atoms with Crippen molar-refractivity contribution in [3.8, 4) is 11.5 Å². The maximum atomic E-state index is 14.9. The average molecular weight is 871 g/mol. The smallest absolute Gasteiger partial charge is 0.385 e. The Morgan fingerprint density at radius 3 is 0.883 bits per heavy atom. The highest BCUT2D eigenvalue weighted by molar-refractivity contribution is 6.05. The van der Waals surface area contributed by atoms with Crippen LogP contribution in [0.25, 0.3) is 0 Å². The Kier molecular flexibility index (Phi) is 11.8. The molecule has 0 bridgehead atoms. The first-order valence-electron chi connectivity index (χ1n) is 15.6. The van der Waals surface area contributed by atoms with Gasteiger partial charge in [-0.2, -0.15) is 52.7 Å². The predicted molar refractivity (Wildman–Crippen MR) is 171 cm³/mol. The van der Waals surface area contributed by atoms with Gasteiger partial charge in [-0.25, -0.2) is 28.8 Å². The van der Waals surface area contributed by atoms with E-state index in [4.69, 9.17) is 20.4 Å². The number of aromatic carboxylic acids is 4. The molecule has 0 saturated heterocycles. The summed E-state index contributed by atoms with van der Waals surface area (Å²) in [6, 6.07) is 3.48. The second-order valence-corrected chi connectivity index (χ2v) is 12.0. The van der Waals surface area contributed by atoms with Crippen LogP contribution in [0.3, 0.4) is 0 Å². The lowest BCUT2D eigenvalue weighted by atomic mass is 9.87. The number of hydrogen-bond donors (Lipinski definition) is 4. The number of alkyl halides is 12. The van der Waals surface area contributed by atoms with Crippen LogP contribution in [0.2, 0.25) is 0 Å². The molecule has 0 fully saturated rings. The highest BCUT2D eigenvalue weighted by Crippen LogP contribution is 2.63. The number of rotatable bonds is 15. The van der Waals surface area contributed by atoms with Gasteiger partial charge in [0.15, 0.2) is 0 Å². The Labute approximate surface area is 323 Å². The molecular weight excluding hydrogens is 852 g/mol. The van der Waals surface area contributed by atoms with E-state index in [0.29, 0.717) is 24.3 Å². The first-order chi connectivity index (χ1) is 27.4. The monoisotopic (exact) mass is 870 g/mol. The van der Waals surface area contributed by atoms with Crippen LogP contribution in [-0.2, 0) is 11.8 Å². The Morgan fingerprint density at radius 2 is 0.633 bits per heavy atom. The van der Waals surface area contributed by atoms with E-state index in [0.717, 1.165) is 12.1 Å². The number of carboxylic acid groups (broad SMARTS) is 4.